The number of likely N-dealkylation sites (N-methyl/N-ethyl adjacent to an activating group) is 1. The molecule has 0 atom stereocenters. The second-order valence-electron chi connectivity index (χ2n) is 6.40. The zero-order chi connectivity index (χ0) is 19.1. The Morgan fingerprint density at radius 1 is 1.11 bits per heavy atom. The van der Waals surface area contributed by atoms with Crippen LogP contribution in [0, 0.1) is 0 Å². The van der Waals surface area contributed by atoms with Gasteiger partial charge >= 0.3 is 0 Å². The van der Waals surface area contributed by atoms with Crippen LogP contribution in [0.25, 0.3) is 0 Å². The van der Waals surface area contributed by atoms with Gasteiger partial charge in [-0.05, 0) is 25.1 Å². The van der Waals surface area contributed by atoms with E-state index in [4.69, 9.17) is 9.15 Å². The summed E-state index contributed by atoms with van der Waals surface area (Å²) in [5.74, 6) is 0.951. The van der Waals surface area contributed by atoms with Crippen LogP contribution in [-0.2, 0) is 11.4 Å². The summed E-state index contributed by atoms with van der Waals surface area (Å²) >= 11 is 0. The highest BCUT2D eigenvalue weighted by Gasteiger charge is 2.26. The van der Waals surface area contributed by atoms with Crippen molar-refractivity contribution in [3.63, 3.8) is 0 Å². The number of rotatable bonds is 7. The fourth-order valence-corrected chi connectivity index (χ4v) is 3.02. The first-order valence-corrected chi connectivity index (χ1v) is 9.20. The summed E-state index contributed by atoms with van der Waals surface area (Å²) in [6.45, 7) is 5.64. The fraction of sp³-hybridized carbons (Fsp3) is 0.400. The van der Waals surface area contributed by atoms with Crippen molar-refractivity contribution in [3.8, 4) is 5.75 Å². The SMILES string of the molecule is CCNC(=O)CN1CCN(C(=O)c2occc2COc2ccccc2)CC1. The molecule has 2 amide bonds. The van der Waals surface area contributed by atoms with Gasteiger partial charge in [-0.3, -0.25) is 14.5 Å². The Morgan fingerprint density at radius 2 is 1.85 bits per heavy atom. The summed E-state index contributed by atoms with van der Waals surface area (Å²) < 4.78 is 11.2. The minimum absolute atomic E-state index is 0.0173. The second kappa shape index (κ2) is 9.23. The topological polar surface area (TPSA) is 75.0 Å². The number of carbonyl (C=O) groups is 2. The summed E-state index contributed by atoms with van der Waals surface area (Å²) in [5.41, 5.74) is 0.730. The standard InChI is InChI=1S/C20H25N3O4/c1-2-21-18(24)14-22-9-11-23(12-10-22)20(25)19-16(8-13-26-19)15-27-17-6-4-3-5-7-17/h3-8,13H,2,9-12,14-15H2,1H3,(H,21,24). The van der Waals surface area contributed by atoms with Crippen LogP contribution < -0.4 is 10.1 Å². The van der Waals surface area contributed by atoms with Gasteiger partial charge in [0.05, 0.1) is 12.8 Å². The highest BCUT2D eigenvalue weighted by Crippen LogP contribution is 2.18. The van der Waals surface area contributed by atoms with Gasteiger partial charge in [-0.25, -0.2) is 0 Å². The Balaban J connectivity index is 1.53. The number of hydrogen-bond donors (Lipinski definition) is 1. The molecular formula is C20H25N3O4. The predicted octanol–water partition coefficient (Wildman–Crippen LogP) is 1.75. The smallest absolute Gasteiger partial charge is 0.290 e. The number of para-hydroxylation sites is 1. The summed E-state index contributed by atoms with van der Waals surface area (Å²) in [4.78, 5) is 28.3. The van der Waals surface area contributed by atoms with Crippen LogP contribution in [0.4, 0.5) is 0 Å². The van der Waals surface area contributed by atoms with Crippen LogP contribution in [0.5, 0.6) is 5.75 Å². The van der Waals surface area contributed by atoms with E-state index >= 15 is 0 Å². The summed E-state index contributed by atoms with van der Waals surface area (Å²) in [6, 6.07) is 11.2. The van der Waals surface area contributed by atoms with E-state index in [0.29, 0.717) is 45.0 Å². The number of benzene rings is 1. The molecule has 3 rings (SSSR count). The van der Waals surface area contributed by atoms with Crippen LogP contribution in [0.15, 0.2) is 47.1 Å². The molecule has 7 nitrogen and oxygen atoms in total. The van der Waals surface area contributed by atoms with E-state index in [1.165, 1.54) is 6.26 Å². The van der Waals surface area contributed by atoms with Gasteiger partial charge in [0.1, 0.15) is 12.4 Å². The van der Waals surface area contributed by atoms with E-state index in [9.17, 15) is 9.59 Å². The Kier molecular flexibility index (Phi) is 6.49. The first kappa shape index (κ1) is 19.0. The van der Waals surface area contributed by atoms with E-state index in [1.807, 2.05) is 37.3 Å². The van der Waals surface area contributed by atoms with Crippen LogP contribution in [-0.4, -0.2) is 60.9 Å². The highest BCUT2D eigenvalue weighted by atomic mass is 16.5. The minimum Gasteiger partial charge on any atom is -0.489 e. The number of nitrogens with zero attached hydrogens (tertiary/aromatic N) is 2. The molecule has 7 heteroatoms. The van der Waals surface area contributed by atoms with E-state index in [2.05, 4.69) is 10.2 Å². The maximum Gasteiger partial charge on any atom is 0.290 e. The molecule has 0 aliphatic carbocycles. The lowest BCUT2D eigenvalue weighted by molar-refractivity contribution is -0.122. The summed E-state index contributed by atoms with van der Waals surface area (Å²) in [5, 5.41) is 2.79. The third-order valence-corrected chi connectivity index (χ3v) is 4.48. The summed E-state index contributed by atoms with van der Waals surface area (Å²) in [6.07, 6.45) is 1.52. The molecule has 1 aromatic heterocycles. The van der Waals surface area contributed by atoms with Crippen LogP contribution in [0.1, 0.15) is 23.0 Å². The van der Waals surface area contributed by atoms with Crippen molar-refractivity contribution in [2.75, 3.05) is 39.3 Å². The zero-order valence-corrected chi connectivity index (χ0v) is 15.5. The van der Waals surface area contributed by atoms with Gasteiger partial charge in [0.2, 0.25) is 5.91 Å². The maximum absolute atomic E-state index is 12.8. The first-order chi connectivity index (χ1) is 13.2. The molecule has 1 aliphatic heterocycles. The van der Waals surface area contributed by atoms with E-state index in [0.717, 1.165) is 11.3 Å². The van der Waals surface area contributed by atoms with Crippen molar-refractivity contribution < 1.29 is 18.7 Å². The van der Waals surface area contributed by atoms with E-state index < -0.39 is 0 Å². The normalized spacial score (nSPS) is 14.8. The van der Waals surface area contributed by atoms with Gasteiger partial charge < -0.3 is 19.4 Å². The third kappa shape index (κ3) is 5.10. The second-order valence-corrected chi connectivity index (χ2v) is 6.40. The monoisotopic (exact) mass is 371 g/mol. The van der Waals surface area contributed by atoms with Crippen LogP contribution in [0.2, 0.25) is 0 Å². The summed E-state index contributed by atoms with van der Waals surface area (Å²) in [7, 11) is 0. The average molecular weight is 371 g/mol. The largest absolute Gasteiger partial charge is 0.489 e. The lowest BCUT2D eigenvalue weighted by atomic mass is 10.2. The molecule has 0 radical (unpaired) electrons. The molecule has 2 heterocycles. The molecule has 1 fully saturated rings. The number of nitrogens with one attached hydrogen (secondary N) is 1. The lowest BCUT2D eigenvalue weighted by Gasteiger charge is -2.34. The molecule has 0 spiro atoms. The number of furan rings is 1. The number of piperazine rings is 1. The molecule has 1 N–H and O–H groups in total. The highest BCUT2D eigenvalue weighted by molar-refractivity contribution is 5.93. The molecule has 144 valence electrons. The predicted molar refractivity (Wildman–Crippen MR) is 101 cm³/mol. The average Bonchev–Trinajstić information content (AvgIpc) is 3.16. The first-order valence-electron chi connectivity index (χ1n) is 9.20. The molecule has 0 bridgehead atoms. The van der Waals surface area contributed by atoms with Crippen molar-refractivity contribution in [2.45, 2.75) is 13.5 Å². The van der Waals surface area contributed by atoms with E-state index in [1.54, 1.807) is 11.0 Å². The van der Waals surface area contributed by atoms with Gasteiger partial charge in [0, 0.05) is 38.3 Å². The molecule has 0 saturated carbocycles. The maximum atomic E-state index is 12.8. The quantitative estimate of drug-likeness (QED) is 0.803. The van der Waals surface area contributed by atoms with Crippen molar-refractivity contribution >= 4 is 11.8 Å². The Hall–Kier alpha value is -2.80. The molecule has 1 aliphatic rings. The molecule has 0 unspecified atom stereocenters. The van der Waals surface area contributed by atoms with Crippen LogP contribution in [0.3, 0.4) is 0 Å². The molecule has 2 aromatic rings. The van der Waals surface area contributed by atoms with Crippen molar-refractivity contribution in [3.05, 3.63) is 54.0 Å². The molecular weight excluding hydrogens is 346 g/mol. The van der Waals surface area contributed by atoms with Gasteiger partial charge in [-0.15, -0.1) is 0 Å². The van der Waals surface area contributed by atoms with Gasteiger partial charge in [0.25, 0.3) is 5.91 Å². The van der Waals surface area contributed by atoms with Gasteiger partial charge in [-0.2, -0.15) is 0 Å². The molecule has 27 heavy (non-hydrogen) atoms. The minimum atomic E-state index is -0.135. The number of hydrogen-bond acceptors (Lipinski definition) is 5. The van der Waals surface area contributed by atoms with Crippen molar-refractivity contribution in [1.29, 1.82) is 0 Å². The van der Waals surface area contributed by atoms with Gasteiger partial charge in [0.15, 0.2) is 5.76 Å². The van der Waals surface area contributed by atoms with Gasteiger partial charge in [-0.1, -0.05) is 18.2 Å². The third-order valence-electron chi connectivity index (χ3n) is 4.48. The van der Waals surface area contributed by atoms with E-state index in [-0.39, 0.29) is 18.4 Å². The Morgan fingerprint density at radius 3 is 2.56 bits per heavy atom. The molecule has 1 saturated heterocycles. The number of amides is 2. The lowest BCUT2D eigenvalue weighted by Crippen LogP contribution is -2.51. The van der Waals surface area contributed by atoms with Crippen molar-refractivity contribution in [2.24, 2.45) is 0 Å². The number of ether oxygens (including phenoxy) is 1. The Labute approximate surface area is 158 Å². The number of carbonyl (C=O) groups excluding carboxylic acids is 2. The fourth-order valence-electron chi connectivity index (χ4n) is 3.02. The molecule has 1 aromatic carbocycles. The van der Waals surface area contributed by atoms with Crippen LogP contribution >= 0.6 is 0 Å². The Bertz CT molecular complexity index is 752. The zero-order valence-electron chi connectivity index (χ0n) is 15.5. The van der Waals surface area contributed by atoms with Crippen molar-refractivity contribution in [1.82, 2.24) is 15.1 Å².